The van der Waals surface area contributed by atoms with Crippen molar-refractivity contribution in [3.05, 3.63) is 18.2 Å². The minimum absolute atomic E-state index is 0.133. The number of aryl methyl sites for hydroxylation is 2. The van der Waals surface area contributed by atoms with Crippen molar-refractivity contribution in [1.82, 2.24) is 24.7 Å². The smallest absolute Gasteiger partial charge is 0.290 e. The van der Waals surface area contributed by atoms with E-state index in [9.17, 15) is 9.59 Å². The number of carbonyl (C=O) groups excluding carboxylic acids is 2. The lowest BCUT2D eigenvalue weighted by atomic mass is 9.74. The first-order valence-corrected chi connectivity index (χ1v) is 11.6. The van der Waals surface area contributed by atoms with E-state index in [4.69, 9.17) is 19.8 Å². The first-order valence-electron chi connectivity index (χ1n) is 11.6. The van der Waals surface area contributed by atoms with Gasteiger partial charge in [-0.15, -0.1) is 0 Å². The van der Waals surface area contributed by atoms with E-state index < -0.39 is 0 Å². The van der Waals surface area contributed by atoms with Crippen LogP contribution < -0.4 is 5.32 Å². The summed E-state index contributed by atoms with van der Waals surface area (Å²) in [5, 5.41) is 17.1. The third kappa shape index (κ3) is 8.77. The largest absolute Gasteiger partial charge is 0.483 e. The lowest BCUT2D eigenvalue weighted by molar-refractivity contribution is -0.135. The number of likely N-dealkylation sites (N-methyl/N-ethyl adjacent to an activating group) is 1. The molecule has 1 saturated heterocycles. The molecule has 1 aliphatic carbocycles. The summed E-state index contributed by atoms with van der Waals surface area (Å²) >= 11 is 0. The predicted octanol–water partition coefficient (Wildman–Crippen LogP) is 1.08. The van der Waals surface area contributed by atoms with Crippen molar-refractivity contribution in [2.24, 2.45) is 5.41 Å². The molecule has 2 aliphatic rings. The highest BCUT2D eigenvalue weighted by Gasteiger charge is 2.45. The number of carbonyl (C=O) groups is 4. The second-order valence-corrected chi connectivity index (χ2v) is 8.84. The fraction of sp³-hybridized carbons (Fsp3) is 0.696. The van der Waals surface area contributed by atoms with E-state index in [0.29, 0.717) is 19.5 Å². The molecule has 0 radical (unpaired) electrons. The van der Waals surface area contributed by atoms with Crippen LogP contribution in [0.15, 0.2) is 12.4 Å². The van der Waals surface area contributed by atoms with Crippen LogP contribution in [0.4, 0.5) is 0 Å². The molecule has 2 heterocycles. The lowest BCUT2D eigenvalue weighted by Gasteiger charge is -2.43. The molecule has 0 bridgehead atoms. The summed E-state index contributed by atoms with van der Waals surface area (Å²) in [7, 11) is 3.86. The van der Waals surface area contributed by atoms with Gasteiger partial charge in [0.15, 0.2) is 0 Å². The van der Waals surface area contributed by atoms with Gasteiger partial charge in [-0.3, -0.25) is 19.2 Å². The van der Waals surface area contributed by atoms with Crippen LogP contribution in [0.5, 0.6) is 0 Å². The molecule has 1 aromatic rings. The van der Waals surface area contributed by atoms with Gasteiger partial charge in [-0.1, -0.05) is 13.3 Å². The first-order chi connectivity index (χ1) is 16.3. The van der Waals surface area contributed by atoms with E-state index in [1.807, 2.05) is 30.1 Å². The van der Waals surface area contributed by atoms with Crippen LogP contribution in [0.25, 0.3) is 0 Å². The van der Waals surface area contributed by atoms with Crippen molar-refractivity contribution in [2.45, 2.75) is 64.5 Å². The number of nitrogens with one attached hydrogen (secondary N) is 1. The number of hydrogen-bond donors (Lipinski definition) is 3. The van der Waals surface area contributed by atoms with Crippen LogP contribution in [0.3, 0.4) is 0 Å². The van der Waals surface area contributed by atoms with E-state index >= 15 is 0 Å². The summed E-state index contributed by atoms with van der Waals surface area (Å²) in [6, 6.07) is 0.250. The number of hydrogen-bond acceptors (Lipinski definition) is 6. The zero-order valence-electron chi connectivity index (χ0n) is 20.5. The molecule has 3 rings (SSSR count). The molecule has 3 N–H and O–H groups in total. The molecule has 2 amide bonds. The number of rotatable bonds is 7. The Morgan fingerprint density at radius 1 is 1.21 bits per heavy atom. The maximum atomic E-state index is 12.6. The minimum Gasteiger partial charge on any atom is -0.483 e. The average Bonchev–Trinajstić information content (AvgIpc) is 3.40. The van der Waals surface area contributed by atoms with Crippen molar-refractivity contribution >= 4 is 24.8 Å². The monoisotopic (exact) mass is 481 g/mol. The maximum absolute atomic E-state index is 12.6. The normalized spacial score (nSPS) is 18.4. The quantitative estimate of drug-likeness (QED) is 0.491. The molecule has 34 heavy (non-hydrogen) atoms. The minimum atomic E-state index is -0.250. The average molecular weight is 482 g/mol. The molecular weight excluding hydrogens is 442 g/mol. The van der Waals surface area contributed by atoms with Gasteiger partial charge in [0.05, 0.1) is 6.54 Å². The van der Waals surface area contributed by atoms with Crippen LogP contribution in [-0.2, 0) is 32.1 Å². The molecule has 192 valence electrons. The first kappa shape index (κ1) is 29.1. The molecule has 2 fully saturated rings. The van der Waals surface area contributed by atoms with E-state index in [1.54, 1.807) is 6.20 Å². The molecule has 1 atom stereocenters. The van der Waals surface area contributed by atoms with Crippen LogP contribution in [0.2, 0.25) is 0 Å². The van der Waals surface area contributed by atoms with Gasteiger partial charge < -0.3 is 29.9 Å². The second kappa shape index (κ2) is 15.0. The zero-order chi connectivity index (χ0) is 25.6. The molecule has 1 aromatic heterocycles. The van der Waals surface area contributed by atoms with E-state index in [-0.39, 0.29) is 36.2 Å². The lowest BCUT2D eigenvalue weighted by Crippen LogP contribution is -2.52. The van der Waals surface area contributed by atoms with Crippen molar-refractivity contribution in [3.8, 4) is 0 Å². The van der Waals surface area contributed by atoms with Gasteiger partial charge in [0, 0.05) is 50.9 Å². The van der Waals surface area contributed by atoms with Crippen LogP contribution in [-0.4, -0.2) is 94.1 Å². The SMILES string of the molecule is CCc1nccn1CCC(=O)NC1CCCC12CCN(C(=O)CN(C)C)CC2.O=CO.O=CO. The molecule has 11 nitrogen and oxygen atoms in total. The van der Waals surface area contributed by atoms with E-state index in [1.165, 1.54) is 0 Å². The van der Waals surface area contributed by atoms with Gasteiger partial charge in [0.25, 0.3) is 12.9 Å². The van der Waals surface area contributed by atoms with Crippen LogP contribution in [0.1, 0.15) is 51.3 Å². The molecular formula is C23H39N5O6. The maximum Gasteiger partial charge on any atom is 0.290 e. The molecule has 1 unspecified atom stereocenters. The summed E-state index contributed by atoms with van der Waals surface area (Å²) in [5.41, 5.74) is 0.175. The Morgan fingerprint density at radius 2 is 1.82 bits per heavy atom. The highest BCUT2D eigenvalue weighted by atomic mass is 16.3. The van der Waals surface area contributed by atoms with E-state index in [0.717, 1.165) is 57.4 Å². The van der Waals surface area contributed by atoms with Crippen molar-refractivity contribution in [1.29, 1.82) is 0 Å². The topological polar surface area (TPSA) is 145 Å². The van der Waals surface area contributed by atoms with Crippen LogP contribution >= 0.6 is 0 Å². The van der Waals surface area contributed by atoms with Gasteiger partial charge in [-0.25, -0.2) is 4.98 Å². The van der Waals surface area contributed by atoms with Gasteiger partial charge in [-0.05, 0) is 45.2 Å². The molecule has 11 heteroatoms. The summed E-state index contributed by atoms with van der Waals surface area (Å²) in [6.07, 6.45) is 10.5. The Labute approximate surface area is 201 Å². The summed E-state index contributed by atoms with van der Waals surface area (Å²) in [6.45, 7) is 4.36. The van der Waals surface area contributed by atoms with Gasteiger partial charge in [0.2, 0.25) is 11.8 Å². The number of imidazole rings is 1. The van der Waals surface area contributed by atoms with Crippen LogP contribution in [0, 0.1) is 5.41 Å². The van der Waals surface area contributed by atoms with Gasteiger partial charge in [0.1, 0.15) is 5.82 Å². The summed E-state index contributed by atoms with van der Waals surface area (Å²) < 4.78 is 2.07. The highest BCUT2D eigenvalue weighted by molar-refractivity contribution is 5.78. The number of carboxylic acid groups (broad SMARTS) is 2. The standard InChI is InChI=1S/C21H35N5O2.2CH2O2/c1-4-18-22-11-15-25(18)12-7-19(27)23-17-6-5-8-21(17)9-13-26(14-10-21)20(28)16-24(2)3;2*2-1-3/h11,15,17H,4-10,12-14,16H2,1-3H3,(H,23,27);2*1H,(H,2,3). The Hall–Kier alpha value is -2.95. The fourth-order valence-electron chi connectivity index (χ4n) is 4.88. The summed E-state index contributed by atoms with van der Waals surface area (Å²) in [5.74, 6) is 1.37. The third-order valence-electron chi connectivity index (χ3n) is 6.50. The number of likely N-dealkylation sites (tertiary alicyclic amines) is 1. The Bertz CT molecular complexity index is 768. The highest BCUT2D eigenvalue weighted by Crippen LogP contribution is 2.46. The van der Waals surface area contributed by atoms with Crippen molar-refractivity contribution in [3.63, 3.8) is 0 Å². The predicted molar refractivity (Wildman–Crippen MR) is 126 cm³/mol. The van der Waals surface area contributed by atoms with Gasteiger partial charge in [-0.2, -0.15) is 0 Å². The molecule has 1 saturated carbocycles. The molecule has 1 aliphatic heterocycles. The Balaban J connectivity index is 0.000000872. The number of piperidine rings is 1. The fourth-order valence-corrected chi connectivity index (χ4v) is 4.88. The number of aromatic nitrogens is 2. The molecule has 1 spiro atoms. The van der Waals surface area contributed by atoms with Crippen molar-refractivity contribution in [2.75, 3.05) is 33.7 Å². The third-order valence-corrected chi connectivity index (χ3v) is 6.50. The Morgan fingerprint density at radius 3 is 2.38 bits per heavy atom. The molecule has 0 aromatic carbocycles. The zero-order valence-corrected chi connectivity index (χ0v) is 20.5. The number of amides is 2. The van der Waals surface area contributed by atoms with Gasteiger partial charge >= 0.3 is 0 Å². The number of nitrogens with zero attached hydrogens (tertiary/aromatic N) is 4. The second-order valence-electron chi connectivity index (χ2n) is 8.84. The summed E-state index contributed by atoms with van der Waals surface area (Å²) in [4.78, 5) is 49.9. The van der Waals surface area contributed by atoms with E-state index in [2.05, 4.69) is 21.8 Å². The Kier molecular flexibility index (Phi) is 12.9. The van der Waals surface area contributed by atoms with Crippen molar-refractivity contribution < 1.29 is 29.4 Å².